The first-order chi connectivity index (χ1) is 14.6. The number of aromatic nitrogens is 4. The van der Waals surface area contributed by atoms with Gasteiger partial charge in [-0.1, -0.05) is 52.9 Å². The summed E-state index contributed by atoms with van der Waals surface area (Å²) >= 11 is 8.97. The molecule has 0 fully saturated rings. The zero-order valence-electron chi connectivity index (χ0n) is 15.8. The number of benzene rings is 2. The summed E-state index contributed by atoms with van der Waals surface area (Å²) in [7, 11) is 0. The predicted molar refractivity (Wildman–Crippen MR) is 121 cm³/mol. The molecule has 2 heterocycles. The van der Waals surface area contributed by atoms with E-state index in [1.807, 2.05) is 37.3 Å². The summed E-state index contributed by atoms with van der Waals surface area (Å²) in [6, 6.07) is 14.8. The summed E-state index contributed by atoms with van der Waals surface area (Å²) in [6.45, 7) is 1.88. The lowest BCUT2D eigenvalue weighted by atomic mass is 10.2. The van der Waals surface area contributed by atoms with Crippen LogP contribution >= 0.6 is 34.7 Å². The second-order valence-electron chi connectivity index (χ2n) is 6.29. The third-order valence-corrected chi connectivity index (χ3v) is 6.79. The quantitative estimate of drug-likeness (QED) is 0.419. The van der Waals surface area contributed by atoms with Gasteiger partial charge < -0.3 is 5.32 Å². The number of rotatable bonds is 6. The highest BCUT2D eigenvalue weighted by Gasteiger charge is 2.13. The number of halogens is 1. The Balaban J connectivity index is 1.55. The lowest BCUT2D eigenvalue weighted by Gasteiger charge is -2.09. The summed E-state index contributed by atoms with van der Waals surface area (Å²) in [4.78, 5) is 17.3. The highest BCUT2D eigenvalue weighted by molar-refractivity contribution is 8.00. The van der Waals surface area contributed by atoms with Crippen molar-refractivity contribution in [1.82, 2.24) is 19.7 Å². The van der Waals surface area contributed by atoms with Crippen LogP contribution in [0.3, 0.4) is 0 Å². The second kappa shape index (κ2) is 8.83. The van der Waals surface area contributed by atoms with Crippen LogP contribution in [-0.2, 0) is 12.3 Å². The van der Waals surface area contributed by atoms with E-state index in [-0.39, 0.29) is 12.1 Å². The van der Waals surface area contributed by atoms with Crippen molar-refractivity contribution in [3.63, 3.8) is 0 Å². The van der Waals surface area contributed by atoms with Gasteiger partial charge in [-0.15, -0.1) is 10.2 Å². The molecule has 150 valence electrons. The molecule has 7 nitrogen and oxygen atoms in total. The molecule has 0 aliphatic rings. The van der Waals surface area contributed by atoms with E-state index in [0.717, 1.165) is 15.6 Å². The predicted octanol–water partition coefficient (Wildman–Crippen LogP) is 4.77. The largest absolute Gasteiger partial charge is 0.330 e. The summed E-state index contributed by atoms with van der Waals surface area (Å²) in [6.07, 6.45) is 0. The van der Waals surface area contributed by atoms with Crippen molar-refractivity contribution < 1.29 is 0 Å². The number of nitrogens with zero attached hydrogens (tertiary/aromatic N) is 5. The Hall–Kier alpha value is -2.93. The van der Waals surface area contributed by atoms with Crippen molar-refractivity contribution in [1.29, 1.82) is 5.26 Å². The molecule has 0 amide bonds. The number of hydrogen-bond acceptors (Lipinski definition) is 8. The maximum atomic E-state index is 12.7. The lowest BCUT2D eigenvalue weighted by Crippen LogP contribution is -2.24. The molecule has 0 aliphatic heterocycles. The molecule has 0 atom stereocenters. The molecule has 0 saturated heterocycles. The molecule has 10 heteroatoms. The molecule has 1 N–H and O–H groups in total. The minimum absolute atomic E-state index is 0.0521. The Bertz CT molecular complexity index is 1330. The standard InChI is InChI=1S/C20H15ClN6OS2/c1-12-14(21)6-4-8-15(12)24-19-25-26-20(30-19)29-11-17-23-16-7-3-2-5-13(16)18(28)27(17)10-9-22/h2-8H,10-11H2,1H3,(H,24,25). The molecule has 4 rings (SSSR count). The number of thioether (sulfide) groups is 1. The Morgan fingerprint density at radius 3 is 2.90 bits per heavy atom. The van der Waals surface area contributed by atoms with Crippen LogP contribution in [0.2, 0.25) is 5.02 Å². The fourth-order valence-corrected chi connectivity index (χ4v) is 4.75. The van der Waals surface area contributed by atoms with Crippen LogP contribution in [0.1, 0.15) is 11.4 Å². The zero-order chi connectivity index (χ0) is 21.1. The first-order valence-corrected chi connectivity index (χ1v) is 11.1. The SMILES string of the molecule is Cc1c(Cl)cccc1Nc1nnc(SCc2nc3ccccc3c(=O)n2CC#N)s1. The van der Waals surface area contributed by atoms with E-state index in [0.29, 0.717) is 32.6 Å². The summed E-state index contributed by atoms with van der Waals surface area (Å²) < 4.78 is 2.13. The van der Waals surface area contributed by atoms with Crippen molar-refractivity contribution >= 4 is 56.4 Å². The van der Waals surface area contributed by atoms with E-state index in [1.54, 1.807) is 18.2 Å². The molecule has 0 saturated carbocycles. The van der Waals surface area contributed by atoms with E-state index >= 15 is 0 Å². The van der Waals surface area contributed by atoms with Gasteiger partial charge in [0.05, 0.1) is 22.7 Å². The topological polar surface area (TPSA) is 96.5 Å². The minimum atomic E-state index is -0.214. The van der Waals surface area contributed by atoms with Gasteiger partial charge in [0, 0.05) is 10.7 Å². The summed E-state index contributed by atoms with van der Waals surface area (Å²) in [5, 5.41) is 22.5. The van der Waals surface area contributed by atoms with E-state index in [2.05, 4.69) is 20.5 Å². The molecule has 0 unspecified atom stereocenters. The number of anilines is 2. The van der Waals surface area contributed by atoms with Gasteiger partial charge in [-0.05, 0) is 36.8 Å². The van der Waals surface area contributed by atoms with Crippen LogP contribution in [0.25, 0.3) is 10.9 Å². The molecule has 0 spiro atoms. The van der Waals surface area contributed by atoms with Crippen molar-refractivity contribution in [2.24, 2.45) is 0 Å². The Morgan fingerprint density at radius 2 is 2.07 bits per heavy atom. The monoisotopic (exact) mass is 454 g/mol. The smallest absolute Gasteiger partial charge is 0.262 e. The zero-order valence-corrected chi connectivity index (χ0v) is 18.2. The van der Waals surface area contributed by atoms with Crippen molar-refractivity contribution in [3.05, 3.63) is 69.2 Å². The van der Waals surface area contributed by atoms with Crippen molar-refractivity contribution in [2.75, 3.05) is 5.32 Å². The molecule has 2 aromatic carbocycles. The van der Waals surface area contributed by atoms with Gasteiger partial charge in [-0.3, -0.25) is 9.36 Å². The molecule has 0 radical (unpaired) electrons. The van der Waals surface area contributed by atoms with Crippen LogP contribution in [-0.4, -0.2) is 19.7 Å². The number of nitriles is 1. The van der Waals surface area contributed by atoms with Crippen LogP contribution in [0.5, 0.6) is 0 Å². The van der Waals surface area contributed by atoms with Gasteiger partial charge in [0.15, 0.2) is 4.34 Å². The van der Waals surface area contributed by atoms with Gasteiger partial charge in [0.25, 0.3) is 5.56 Å². The lowest BCUT2D eigenvalue weighted by molar-refractivity contribution is 0.730. The average Bonchev–Trinajstić information content (AvgIpc) is 3.20. The van der Waals surface area contributed by atoms with E-state index in [4.69, 9.17) is 16.9 Å². The third kappa shape index (κ3) is 4.16. The van der Waals surface area contributed by atoms with Crippen LogP contribution in [0, 0.1) is 18.3 Å². The maximum absolute atomic E-state index is 12.7. The van der Waals surface area contributed by atoms with Crippen LogP contribution in [0.15, 0.2) is 51.6 Å². The fourth-order valence-electron chi connectivity index (χ4n) is 2.86. The van der Waals surface area contributed by atoms with Crippen LogP contribution < -0.4 is 10.9 Å². The normalized spacial score (nSPS) is 10.8. The van der Waals surface area contributed by atoms with Gasteiger partial charge in [-0.2, -0.15) is 5.26 Å². The van der Waals surface area contributed by atoms with Gasteiger partial charge in [-0.25, -0.2) is 4.98 Å². The molecule has 2 aromatic heterocycles. The average molecular weight is 455 g/mol. The van der Waals surface area contributed by atoms with Gasteiger partial charge >= 0.3 is 0 Å². The Morgan fingerprint density at radius 1 is 1.23 bits per heavy atom. The summed E-state index contributed by atoms with van der Waals surface area (Å²) in [5.41, 5.74) is 2.20. The van der Waals surface area contributed by atoms with E-state index in [1.165, 1.54) is 27.7 Å². The highest BCUT2D eigenvalue weighted by atomic mass is 35.5. The van der Waals surface area contributed by atoms with Gasteiger partial charge in [0.2, 0.25) is 5.13 Å². The Labute approximate surface area is 185 Å². The minimum Gasteiger partial charge on any atom is -0.330 e. The first-order valence-electron chi connectivity index (χ1n) is 8.90. The number of nitrogens with one attached hydrogen (secondary N) is 1. The first kappa shape index (κ1) is 20.3. The Kier molecular flexibility index (Phi) is 5.99. The molecule has 4 aromatic rings. The second-order valence-corrected chi connectivity index (χ2v) is 8.90. The van der Waals surface area contributed by atoms with Crippen LogP contribution in [0.4, 0.5) is 10.8 Å². The molecule has 0 bridgehead atoms. The maximum Gasteiger partial charge on any atom is 0.262 e. The number of para-hydroxylation sites is 1. The summed E-state index contributed by atoms with van der Waals surface area (Å²) in [5.74, 6) is 0.924. The van der Waals surface area contributed by atoms with E-state index in [9.17, 15) is 4.79 Å². The third-order valence-electron chi connectivity index (χ3n) is 4.41. The van der Waals surface area contributed by atoms with Crippen molar-refractivity contribution in [3.8, 4) is 6.07 Å². The molecular weight excluding hydrogens is 440 g/mol. The highest BCUT2D eigenvalue weighted by Crippen LogP contribution is 2.31. The van der Waals surface area contributed by atoms with Crippen molar-refractivity contribution in [2.45, 2.75) is 23.6 Å². The number of fused-ring (bicyclic) bond motifs is 1. The molecule has 30 heavy (non-hydrogen) atoms. The number of hydrogen-bond donors (Lipinski definition) is 1. The van der Waals surface area contributed by atoms with Gasteiger partial charge in [0.1, 0.15) is 12.4 Å². The molecular formula is C20H15ClN6OS2. The van der Waals surface area contributed by atoms with E-state index < -0.39 is 0 Å². The fraction of sp³-hybridized carbons (Fsp3) is 0.150. The molecule has 0 aliphatic carbocycles.